The highest BCUT2D eigenvalue weighted by Crippen LogP contribution is 2.54. The number of hydrogen-bond donors (Lipinski definition) is 1. The molecule has 256 valence electrons. The summed E-state index contributed by atoms with van der Waals surface area (Å²) in [6.45, 7) is 1.64. The normalized spacial score (nSPS) is 22.2. The molecule has 0 bridgehead atoms. The minimum Gasteiger partial charge on any atom is -0.340 e. The maximum atomic E-state index is 14.8. The van der Waals surface area contributed by atoms with Crippen molar-refractivity contribution in [1.29, 1.82) is 0 Å². The van der Waals surface area contributed by atoms with Crippen LogP contribution in [0.25, 0.3) is 0 Å². The fourth-order valence-electron chi connectivity index (χ4n) is 6.13. The van der Waals surface area contributed by atoms with Crippen LogP contribution in [0.4, 0.5) is 35.1 Å². The molecule has 2 fully saturated rings. The van der Waals surface area contributed by atoms with Crippen LogP contribution in [0.1, 0.15) is 43.7 Å². The van der Waals surface area contributed by atoms with Crippen LogP contribution in [0.5, 0.6) is 0 Å². The first-order valence-electron chi connectivity index (χ1n) is 14.3. The molecule has 2 heterocycles. The Kier molecular flexibility index (Phi) is 9.67. The minimum atomic E-state index is -6.39. The predicted octanol–water partition coefficient (Wildman–Crippen LogP) is 5.21. The lowest BCUT2D eigenvalue weighted by Crippen LogP contribution is -2.53. The van der Waals surface area contributed by atoms with Gasteiger partial charge in [0.25, 0.3) is 0 Å². The van der Waals surface area contributed by atoms with Gasteiger partial charge in [0.15, 0.2) is 9.84 Å². The van der Waals surface area contributed by atoms with Gasteiger partial charge in [0.05, 0.1) is 21.8 Å². The highest BCUT2D eigenvalue weighted by Gasteiger charge is 2.73. The molecule has 2 aliphatic heterocycles. The van der Waals surface area contributed by atoms with Gasteiger partial charge in [-0.2, -0.15) is 26.3 Å². The zero-order valence-electron chi connectivity index (χ0n) is 24.5. The van der Waals surface area contributed by atoms with Gasteiger partial charge in [-0.15, -0.1) is 0 Å². The monoisotopic (exact) mass is 704 g/mol. The summed E-state index contributed by atoms with van der Waals surface area (Å²) in [4.78, 5) is 14.9. The van der Waals surface area contributed by atoms with Gasteiger partial charge in [-0.05, 0) is 62.1 Å². The molecule has 0 spiro atoms. The topological polar surface area (TPSA) is 101 Å². The summed E-state index contributed by atoms with van der Waals surface area (Å²) >= 11 is 0. The number of rotatable bonds is 9. The average Bonchev–Trinajstić information content (AvgIpc) is 3.44. The molecule has 1 atom stereocenters. The number of halogens is 8. The molecule has 2 aromatic carbocycles. The van der Waals surface area contributed by atoms with Crippen LogP contribution in [0, 0.1) is 11.2 Å². The van der Waals surface area contributed by atoms with Crippen LogP contribution in [0.15, 0.2) is 53.4 Å². The summed E-state index contributed by atoms with van der Waals surface area (Å²) in [5.41, 5.74) is -9.11. The quantitative estimate of drug-likeness (QED) is 0.219. The molecule has 17 heteroatoms. The average molecular weight is 705 g/mol. The Hall–Kier alpha value is -2.79. The van der Waals surface area contributed by atoms with Crippen LogP contribution < -0.4 is 5.32 Å². The second kappa shape index (κ2) is 12.3. The minimum absolute atomic E-state index is 0.0543. The number of carbonyl (C=O) groups excluding carboxylic acids is 1. The summed E-state index contributed by atoms with van der Waals surface area (Å²) in [7, 11) is -8.07. The lowest BCUT2D eigenvalue weighted by molar-refractivity contribution is -0.348. The van der Waals surface area contributed by atoms with Crippen molar-refractivity contribution in [2.45, 2.75) is 60.3 Å². The number of amides is 1. The molecule has 0 aromatic heterocycles. The number of hydrogen-bond acceptors (Lipinski definition) is 6. The molecule has 4 rings (SSSR count). The fraction of sp³-hybridized carbons (Fsp3) is 0.552. The largest absolute Gasteiger partial charge is 0.435 e. The van der Waals surface area contributed by atoms with Crippen molar-refractivity contribution in [3.05, 3.63) is 65.5 Å². The Labute approximate surface area is 261 Å². The third-order valence-electron chi connectivity index (χ3n) is 8.87. The third kappa shape index (κ3) is 6.25. The van der Waals surface area contributed by atoms with E-state index in [0.717, 1.165) is 24.3 Å². The van der Waals surface area contributed by atoms with Gasteiger partial charge in [-0.3, -0.25) is 4.79 Å². The Morgan fingerprint density at radius 2 is 1.43 bits per heavy atom. The van der Waals surface area contributed by atoms with Gasteiger partial charge in [0.2, 0.25) is 5.91 Å². The maximum Gasteiger partial charge on any atom is 0.435 e. The summed E-state index contributed by atoms with van der Waals surface area (Å²) < 4.78 is 160. The van der Waals surface area contributed by atoms with Crippen LogP contribution in [-0.2, 0) is 34.9 Å². The van der Waals surface area contributed by atoms with E-state index in [4.69, 9.17) is 0 Å². The lowest BCUT2D eigenvalue weighted by Gasteiger charge is -2.39. The standard InChI is InChI=1S/C29H32F8N2O5S2/c1-2-14-38-18-25(12-16-45(41,42)17-13-25)24(40)39-15-11-26(19-39,46(43,44)23-9-7-22(30)8-10-23)20-3-5-21(6-4-20)27(31,28(32,33)34)29(35,36)37/h3-10,38H,2,11-19H2,1H3/t26-/m0/s1. The van der Waals surface area contributed by atoms with Crippen molar-refractivity contribution in [2.75, 3.05) is 37.7 Å². The van der Waals surface area contributed by atoms with Gasteiger partial charge >= 0.3 is 18.0 Å². The Morgan fingerprint density at radius 1 is 0.891 bits per heavy atom. The summed E-state index contributed by atoms with van der Waals surface area (Å²) in [6, 6.07) is 5.31. The molecule has 1 N–H and O–H groups in total. The first-order chi connectivity index (χ1) is 21.2. The zero-order valence-corrected chi connectivity index (χ0v) is 26.2. The SMILES string of the molecule is CCCNCC1(C(=O)N2CC[C@](c3ccc(C(F)(C(F)(F)F)C(F)(F)F)cc3)(S(=O)(=O)c3ccc(F)cc3)C2)CCS(=O)(=O)CC1. The van der Waals surface area contributed by atoms with Crippen molar-refractivity contribution < 1.29 is 56.8 Å². The number of likely N-dealkylation sites (tertiary alicyclic amines) is 1. The third-order valence-corrected chi connectivity index (χ3v) is 13.0. The summed E-state index contributed by atoms with van der Waals surface area (Å²) in [5, 5.41) is 3.12. The molecule has 0 unspecified atom stereocenters. The van der Waals surface area contributed by atoms with E-state index in [1.165, 1.54) is 4.90 Å². The maximum absolute atomic E-state index is 14.8. The zero-order chi connectivity index (χ0) is 34.4. The van der Waals surface area contributed by atoms with E-state index >= 15 is 0 Å². The number of nitrogens with one attached hydrogen (secondary N) is 1. The first kappa shape index (κ1) is 36.1. The van der Waals surface area contributed by atoms with E-state index < -0.39 is 76.6 Å². The van der Waals surface area contributed by atoms with E-state index in [2.05, 4.69) is 5.32 Å². The van der Waals surface area contributed by atoms with Crippen molar-refractivity contribution in [2.24, 2.45) is 5.41 Å². The number of carbonyl (C=O) groups is 1. The smallest absolute Gasteiger partial charge is 0.340 e. The van der Waals surface area contributed by atoms with Crippen molar-refractivity contribution in [3.63, 3.8) is 0 Å². The van der Waals surface area contributed by atoms with E-state index in [-0.39, 0.29) is 61.6 Å². The van der Waals surface area contributed by atoms with Crippen LogP contribution in [0.2, 0.25) is 0 Å². The highest BCUT2D eigenvalue weighted by molar-refractivity contribution is 7.92. The number of sulfone groups is 2. The van der Waals surface area contributed by atoms with Crippen LogP contribution >= 0.6 is 0 Å². The highest BCUT2D eigenvalue weighted by atomic mass is 32.2. The van der Waals surface area contributed by atoms with E-state index in [0.29, 0.717) is 25.1 Å². The van der Waals surface area contributed by atoms with Crippen molar-refractivity contribution in [1.82, 2.24) is 10.2 Å². The van der Waals surface area contributed by atoms with E-state index in [1.807, 2.05) is 6.92 Å². The Morgan fingerprint density at radius 3 is 1.93 bits per heavy atom. The Bertz CT molecular complexity index is 1620. The van der Waals surface area contributed by atoms with Gasteiger partial charge < -0.3 is 10.2 Å². The van der Waals surface area contributed by atoms with Gasteiger partial charge in [0, 0.05) is 25.2 Å². The second-order valence-corrected chi connectivity index (χ2v) is 16.3. The number of alkyl halides is 7. The molecular weight excluding hydrogens is 672 g/mol. The van der Waals surface area contributed by atoms with E-state index in [9.17, 15) is 56.8 Å². The fourth-order valence-corrected chi connectivity index (χ4v) is 9.82. The Balaban J connectivity index is 1.81. The molecule has 2 aromatic rings. The summed E-state index contributed by atoms with van der Waals surface area (Å²) in [5.74, 6) is -1.92. The van der Waals surface area contributed by atoms with Crippen LogP contribution in [0.3, 0.4) is 0 Å². The summed E-state index contributed by atoms with van der Waals surface area (Å²) in [6.07, 6.45) is -12.6. The molecule has 1 amide bonds. The molecule has 0 aliphatic carbocycles. The molecule has 7 nitrogen and oxygen atoms in total. The predicted molar refractivity (Wildman–Crippen MR) is 151 cm³/mol. The first-order valence-corrected chi connectivity index (χ1v) is 17.6. The van der Waals surface area contributed by atoms with Gasteiger partial charge in [-0.25, -0.2) is 25.6 Å². The van der Waals surface area contributed by atoms with E-state index in [1.54, 1.807) is 0 Å². The lowest BCUT2D eigenvalue weighted by atomic mass is 9.80. The molecule has 0 radical (unpaired) electrons. The van der Waals surface area contributed by atoms with Crippen LogP contribution in [-0.4, -0.2) is 77.7 Å². The molecular formula is C29H32F8N2O5S2. The molecule has 0 saturated carbocycles. The molecule has 2 aliphatic rings. The van der Waals surface area contributed by atoms with Crippen molar-refractivity contribution in [3.8, 4) is 0 Å². The van der Waals surface area contributed by atoms with Gasteiger partial charge in [0.1, 0.15) is 20.4 Å². The molecule has 46 heavy (non-hydrogen) atoms. The molecule has 2 saturated heterocycles. The number of benzene rings is 2. The van der Waals surface area contributed by atoms with Crippen molar-refractivity contribution >= 4 is 25.6 Å². The second-order valence-electron chi connectivity index (χ2n) is 11.8. The van der Waals surface area contributed by atoms with Gasteiger partial charge in [-0.1, -0.05) is 31.2 Å². The number of nitrogens with zero attached hydrogens (tertiary/aromatic N) is 1.